The summed E-state index contributed by atoms with van der Waals surface area (Å²) >= 11 is 0. The SMILES string of the molecule is CC(NC(=O)[C@H]1CCCCN1)c1nc2ccccc2n1C(C)C. The molecule has 0 aliphatic carbocycles. The Bertz CT molecular complexity index is 685. The summed E-state index contributed by atoms with van der Waals surface area (Å²) in [7, 11) is 0. The summed E-state index contributed by atoms with van der Waals surface area (Å²) in [6.07, 6.45) is 3.19. The Morgan fingerprint density at radius 3 is 2.78 bits per heavy atom. The number of piperidine rings is 1. The normalized spacial score (nSPS) is 19.9. The average molecular weight is 314 g/mol. The number of imidazole rings is 1. The molecule has 0 bridgehead atoms. The Balaban J connectivity index is 1.84. The number of nitrogens with one attached hydrogen (secondary N) is 2. The van der Waals surface area contributed by atoms with Gasteiger partial charge in [0.25, 0.3) is 0 Å². The fourth-order valence-corrected chi connectivity index (χ4v) is 3.37. The van der Waals surface area contributed by atoms with Crippen LogP contribution in [0.4, 0.5) is 0 Å². The van der Waals surface area contributed by atoms with Crippen LogP contribution in [0.25, 0.3) is 11.0 Å². The van der Waals surface area contributed by atoms with E-state index in [-0.39, 0.29) is 18.0 Å². The Morgan fingerprint density at radius 1 is 1.30 bits per heavy atom. The summed E-state index contributed by atoms with van der Waals surface area (Å²) in [5.41, 5.74) is 2.10. The second-order valence-electron chi connectivity index (χ2n) is 6.66. The molecule has 1 aliphatic rings. The molecule has 2 aromatic rings. The smallest absolute Gasteiger partial charge is 0.237 e. The number of aromatic nitrogens is 2. The highest BCUT2D eigenvalue weighted by atomic mass is 16.2. The fourth-order valence-electron chi connectivity index (χ4n) is 3.37. The highest BCUT2D eigenvalue weighted by molar-refractivity contribution is 5.82. The summed E-state index contributed by atoms with van der Waals surface area (Å²) in [6.45, 7) is 7.24. The summed E-state index contributed by atoms with van der Waals surface area (Å²) in [4.78, 5) is 17.2. The Labute approximate surface area is 137 Å². The van der Waals surface area contributed by atoms with Crippen LogP contribution in [0.2, 0.25) is 0 Å². The van der Waals surface area contributed by atoms with Crippen LogP contribution in [0.3, 0.4) is 0 Å². The maximum absolute atomic E-state index is 12.5. The summed E-state index contributed by atoms with van der Waals surface area (Å²) < 4.78 is 2.22. The number of carbonyl (C=O) groups excluding carboxylic acids is 1. The van der Waals surface area contributed by atoms with Gasteiger partial charge in [0.1, 0.15) is 5.82 Å². The van der Waals surface area contributed by atoms with Crippen molar-refractivity contribution < 1.29 is 4.79 Å². The van der Waals surface area contributed by atoms with Crippen LogP contribution >= 0.6 is 0 Å². The first-order chi connectivity index (χ1) is 11.1. The molecule has 1 aromatic carbocycles. The van der Waals surface area contributed by atoms with E-state index in [0.29, 0.717) is 6.04 Å². The zero-order chi connectivity index (χ0) is 16.4. The highest BCUT2D eigenvalue weighted by Gasteiger charge is 2.25. The Hall–Kier alpha value is -1.88. The van der Waals surface area contributed by atoms with Gasteiger partial charge in [-0.2, -0.15) is 0 Å². The minimum atomic E-state index is -0.110. The van der Waals surface area contributed by atoms with E-state index in [0.717, 1.165) is 42.7 Å². The van der Waals surface area contributed by atoms with E-state index in [9.17, 15) is 4.79 Å². The molecule has 2 atom stereocenters. The predicted molar refractivity (Wildman–Crippen MR) is 92.3 cm³/mol. The number of hydrogen-bond donors (Lipinski definition) is 2. The monoisotopic (exact) mass is 314 g/mol. The van der Waals surface area contributed by atoms with Gasteiger partial charge >= 0.3 is 0 Å². The number of nitrogens with zero attached hydrogens (tertiary/aromatic N) is 2. The van der Waals surface area contributed by atoms with Crippen molar-refractivity contribution in [1.29, 1.82) is 0 Å². The Morgan fingerprint density at radius 2 is 2.09 bits per heavy atom. The van der Waals surface area contributed by atoms with Gasteiger partial charge in [0.15, 0.2) is 0 Å². The van der Waals surface area contributed by atoms with Crippen molar-refractivity contribution in [2.45, 2.75) is 58.2 Å². The standard InChI is InChI=1S/C18H26N4O/c1-12(2)22-16-10-5-4-8-14(16)21-17(22)13(3)20-18(23)15-9-6-7-11-19-15/h4-5,8,10,12-13,15,19H,6-7,9,11H2,1-3H3,(H,20,23)/t13?,15-/m1/s1. The van der Waals surface area contributed by atoms with Crippen molar-refractivity contribution in [3.8, 4) is 0 Å². The molecule has 124 valence electrons. The third-order valence-electron chi connectivity index (χ3n) is 4.51. The van der Waals surface area contributed by atoms with E-state index in [2.05, 4.69) is 35.1 Å². The number of hydrogen-bond acceptors (Lipinski definition) is 3. The second-order valence-corrected chi connectivity index (χ2v) is 6.66. The minimum absolute atomic E-state index is 0.0666. The lowest BCUT2D eigenvalue weighted by molar-refractivity contribution is -0.124. The Kier molecular flexibility index (Phi) is 4.66. The van der Waals surface area contributed by atoms with Gasteiger partial charge in [0, 0.05) is 6.04 Å². The van der Waals surface area contributed by atoms with Gasteiger partial charge < -0.3 is 15.2 Å². The molecule has 0 saturated carbocycles. The molecule has 5 nitrogen and oxygen atoms in total. The van der Waals surface area contributed by atoms with Crippen molar-refractivity contribution >= 4 is 16.9 Å². The van der Waals surface area contributed by atoms with Gasteiger partial charge in [0.2, 0.25) is 5.91 Å². The van der Waals surface area contributed by atoms with Crippen LogP contribution in [0.5, 0.6) is 0 Å². The van der Waals surface area contributed by atoms with E-state index in [1.807, 2.05) is 25.1 Å². The molecular weight excluding hydrogens is 288 g/mol. The first-order valence-electron chi connectivity index (χ1n) is 8.58. The zero-order valence-electron chi connectivity index (χ0n) is 14.2. The van der Waals surface area contributed by atoms with Crippen molar-refractivity contribution in [2.75, 3.05) is 6.54 Å². The number of benzene rings is 1. The molecular formula is C18H26N4O. The topological polar surface area (TPSA) is 59.0 Å². The van der Waals surface area contributed by atoms with E-state index < -0.39 is 0 Å². The molecule has 2 heterocycles. The van der Waals surface area contributed by atoms with Crippen LogP contribution in [0, 0.1) is 0 Å². The molecule has 1 aliphatic heterocycles. The first-order valence-corrected chi connectivity index (χ1v) is 8.58. The van der Waals surface area contributed by atoms with Crippen molar-refractivity contribution in [1.82, 2.24) is 20.2 Å². The third-order valence-corrected chi connectivity index (χ3v) is 4.51. The molecule has 1 aromatic heterocycles. The van der Waals surface area contributed by atoms with Gasteiger partial charge in [-0.3, -0.25) is 4.79 Å². The second kappa shape index (κ2) is 6.71. The highest BCUT2D eigenvalue weighted by Crippen LogP contribution is 2.25. The van der Waals surface area contributed by atoms with Crippen molar-refractivity contribution in [3.05, 3.63) is 30.1 Å². The van der Waals surface area contributed by atoms with Gasteiger partial charge in [-0.1, -0.05) is 18.6 Å². The molecule has 1 unspecified atom stereocenters. The molecule has 1 fully saturated rings. The molecule has 0 spiro atoms. The maximum atomic E-state index is 12.5. The fraction of sp³-hybridized carbons (Fsp3) is 0.556. The van der Waals surface area contributed by atoms with E-state index in [1.54, 1.807) is 0 Å². The van der Waals surface area contributed by atoms with Gasteiger partial charge in [-0.05, 0) is 52.3 Å². The van der Waals surface area contributed by atoms with Crippen LogP contribution in [0.1, 0.15) is 57.9 Å². The molecule has 1 amide bonds. The average Bonchev–Trinajstić information content (AvgIpc) is 2.95. The van der Waals surface area contributed by atoms with Crippen molar-refractivity contribution in [3.63, 3.8) is 0 Å². The first kappa shape index (κ1) is 16.0. The van der Waals surface area contributed by atoms with Crippen molar-refractivity contribution in [2.24, 2.45) is 0 Å². The molecule has 3 rings (SSSR count). The lowest BCUT2D eigenvalue weighted by Gasteiger charge is -2.25. The molecule has 5 heteroatoms. The minimum Gasteiger partial charge on any atom is -0.345 e. The van der Waals surface area contributed by atoms with Gasteiger partial charge in [-0.15, -0.1) is 0 Å². The number of fused-ring (bicyclic) bond motifs is 1. The number of rotatable bonds is 4. The van der Waals surface area contributed by atoms with Crippen LogP contribution in [0.15, 0.2) is 24.3 Å². The largest absolute Gasteiger partial charge is 0.345 e. The number of carbonyl (C=O) groups is 1. The summed E-state index contributed by atoms with van der Waals surface area (Å²) in [5, 5.41) is 6.44. The predicted octanol–water partition coefficient (Wildman–Crippen LogP) is 2.94. The number of amides is 1. The number of para-hydroxylation sites is 2. The van der Waals surface area contributed by atoms with Crippen LogP contribution in [-0.4, -0.2) is 28.0 Å². The molecule has 1 saturated heterocycles. The third kappa shape index (κ3) is 3.24. The molecule has 2 N–H and O–H groups in total. The quantitative estimate of drug-likeness (QED) is 0.912. The molecule has 0 radical (unpaired) electrons. The maximum Gasteiger partial charge on any atom is 0.237 e. The lowest BCUT2D eigenvalue weighted by atomic mass is 10.0. The summed E-state index contributed by atoms with van der Waals surface area (Å²) in [6, 6.07) is 8.26. The zero-order valence-corrected chi connectivity index (χ0v) is 14.2. The van der Waals surface area contributed by atoms with Crippen LogP contribution < -0.4 is 10.6 Å². The lowest BCUT2D eigenvalue weighted by Crippen LogP contribution is -2.47. The van der Waals surface area contributed by atoms with E-state index >= 15 is 0 Å². The van der Waals surface area contributed by atoms with E-state index in [4.69, 9.17) is 4.98 Å². The van der Waals surface area contributed by atoms with E-state index in [1.165, 1.54) is 0 Å². The molecule has 23 heavy (non-hydrogen) atoms. The van der Waals surface area contributed by atoms with Crippen LogP contribution in [-0.2, 0) is 4.79 Å². The van der Waals surface area contributed by atoms with Gasteiger partial charge in [0.05, 0.1) is 23.1 Å². The van der Waals surface area contributed by atoms with Gasteiger partial charge in [-0.25, -0.2) is 4.98 Å². The summed E-state index contributed by atoms with van der Waals surface area (Å²) in [5.74, 6) is 1.00.